The van der Waals surface area contributed by atoms with Crippen molar-refractivity contribution in [3.05, 3.63) is 0 Å². The summed E-state index contributed by atoms with van der Waals surface area (Å²) in [6, 6.07) is 0.774. The summed E-state index contributed by atoms with van der Waals surface area (Å²) in [6.07, 6.45) is 5.02. The van der Waals surface area contributed by atoms with Crippen molar-refractivity contribution in [1.29, 1.82) is 0 Å². The highest BCUT2D eigenvalue weighted by molar-refractivity contribution is 5.36. The van der Waals surface area contributed by atoms with E-state index in [0.717, 1.165) is 0 Å². The molecule has 0 saturated heterocycles. The van der Waals surface area contributed by atoms with Crippen LogP contribution in [-0.4, -0.2) is 35.2 Å². The van der Waals surface area contributed by atoms with Crippen LogP contribution < -0.4 is 15.4 Å². The lowest BCUT2D eigenvalue weighted by Gasteiger charge is -2.29. The largest absolute Gasteiger partial charge is 0.467 e. The summed E-state index contributed by atoms with van der Waals surface area (Å²) in [5.74, 6) is 1.76. The van der Waals surface area contributed by atoms with Crippen molar-refractivity contribution >= 4 is 11.9 Å². The van der Waals surface area contributed by atoms with Crippen molar-refractivity contribution in [3.63, 3.8) is 0 Å². The summed E-state index contributed by atoms with van der Waals surface area (Å²) < 4.78 is 5.07. The van der Waals surface area contributed by atoms with Crippen LogP contribution >= 0.6 is 0 Å². The average Bonchev–Trinajstić information content (AvgIpc) is 2.41. The first-order chi connectivity index (χ1) is 8.72. The van der Waals surface area contributed by atoms with Crippen molar-refractivity contribution in [2.24, 2.45) is 5.92 Å². The molecule has 6 heteroatoms. The Morgan fingerprint density at radius 2 is 1.83 bits per heavy atom. The molecule has 1 aliphatic rings. The maximum absolute atomic E-state index is 5.07. The highest BCUT2D eigenvalue weighted by Crippen LogP contribution is 2.26. The van der Waals surface area contributed by atoms with E-state index in [1.165, 1.54) is 25.7 Å². The molecule has 0 aromatic carbocycles. The highest BCUT2D eigenvalue weighted by atomic mass is 16.5. The van der Waals surface area contributed by atoms with Gasteiger partial charge in [-0.3, -0.25) is 0 Å². The maximum Gasteiger partial charge on any atom is 0.322 e. The fourth-order valence-electron chi connectivity index (χ4n) is 2.32. The molecule has 1 heterocycles. The van der Waals surface area contributed by atoms with E-state index >= 15 is 0 Å². The lowest BCUT2D eigenvalue weighted by molar-refractivity contribution is 0.346. The number of nitrogens with one attached hydrogen (secondary N) is 2. The van der Waals surface area contributed by atoms with E-state index in [0.29, 0.717) is 29.9 Å². The Kier molecular flexibility index (Phi) is 4.17. The number of rotatable bonds is 4. The molecule has 0 amide bonds. The van der Waals surface area contributed by atoms with Crippen LogP contribution in [0.4, 0.5) is 11.9 Å². The van der Waals surface area contributed by atoms with Crippen molar-refractivity contribution in [2.45, 2.75) is 38.6 Å². The van der Waals surface area contributed by atoms with Crippen LogP contribution in [-0.2, 0) is 0 Å². The van der Waals surface area contributed by atoms with Gasteiger partial charge in [0.15, 0.2) is 0 Å². The van der Waals surface area contributed by atoms with E-state index in [9.17, 15) is 0 Å². The highest BCUT2D eigenvalue weighted by Gasteiger charge is 2.22. The molecule has 2 N–H and O–H groups in total. The minimum absolute atomic E-state index is 0.334. The summed E-state index contributed by atoms with van der Waals surface area (Å²) >= 11 is 0. The van der Waals surface area contributed by atoms with Crippen LogP contribution in [0.1, 0.15) is 32.6 Å². The van der Waals surface area contributed by atoms with Gasteiger partial charge in [-0.2, -0.15) is 15.0 Å². The number of aromatic nitrogens is 3. The quantitative estimate of drug-likeness (QED) is 0.851. The Morgan fingerprint density at radius 3 is 2.50 bits per heavy atom. The molecule has 0 spiro atoms. The Hall–Kier alpha value is -1.59. The van der Waals surface area contributed by atoms with Crippen LogP contribution in [0, 0.1) is 5.92 Å². The normalized spacial score (nSPS) is 23.5. The van der Waals surface area contributed by atoms with Gasteiger partial charge < -0.3 is 15.4 Å². The number of hydrogen-bond acceptors (Lipinski definition) is 6. The van der Waals surface area contributed by atoms with Crippen molar-refractivity contribution in [1.82, 2.24) is 15.0 Å². The summed E-state index contributed by atoms with van der Waals surface area (Å²) in [7, 11) is 3.34. The van der Waals surface area contributed by atoms with Gasteiger partial charge in [-0.25, -0.2) is 0 Å². The molecule has 1 aromatic heterocycles. The topological polar surface area (TPSA) is 72.0 Å². The molecule has 0 aliphatic heterocycles. The van der Waals surface area contributed by atoms with E-state index in [-0.39, 0.29) is 0 Å². The van der Waals surface area contributed by atoms with E-state index < -0.39 is 0 Å². The molecule has 1 fully saturated rings. The third kappa shape index (κ3) is 3.00. The summed E-state index contributed by atoms with van der Waals surface area (Å²) in [5.41, 5.74) is 0. The molecular formula is C12H21N5O. The molecule has 1 aliphatic carbocycles. The zero-order chi connectivity index (χ0) is 13.0. The van der Waals surface area contributed by atoms with Gasteiger partial charge in [0.2, 0.25) is 11.9 Å². The van der Waals surface area contributed by atoms with Gasteiger partial charge >= 0.3 is 6.01 Å². The molecule has 6 nitrogen and oxygen atoms in total. The van der Waals surface area contributed by atoms with E-state index in [1.54, 1.807) is 14.2 Å². The van der Waals surface area contributed by atoms with Crippen molar-refractivity contribution < 1.29 is 4.74 Å². The number of nitrogens with zero attached hydrogens (tertiary/aromatic N) is 3. The predicted molar refractivity (Wildman–Crippen MR) is 71.0 cm³/mol. The van der Waals surface area contributed by atoms with E-state index in [1.807, 2.05) is 0 Å². The first-order valence-electron chi connectivity index (χ1n) is 6.47. The molecule has 1 saturated carbocycles. The average molecular weight is 251 g/mol. The predicted octanol–water partition coefficient (Wildman–Crippen LogP) is 1.91. The van der Waals surface area contributed by atoms with Gasteiger partial charge in [-0.05, 0) is 18.8 Å². The monoisotopic (exact) mass is 251 g/mol. The number of ether oxygens (including phenoxy) is 1. The minimum atomic E-state index is 0.334. The Bertz CT molecular complexity index is 376. The molecule has 18 heavy (non-hydrogen) atoms. The van der Waals surface area contributed by atoms with Gasteiger partial charge in [0.05, 0.1) is 7.11 Å². The van der Waals surface area contributed by atoms with Gasteiger partial charge in [0, 0.05) is 13.1 Å². The SMILES string of the molecule is CNc1nc(NC2CCCCC2C)nc(OC)n1. The van der Waals surface area contributed by atoms with Gasteiger partial charge in [0.1, 0.15) is 0 Å². The zero-order valence-electron chi connectivity index (χ0n) is 11.2. The third-order valence-corrected chi connectivity index (χ3v) is 3.45. The van der Waals surface area contributed by atoms with Gasteiger partial charge in [-0.15, -0.1) is 0 Å². The molecule has 100 valence electrons. The Balaban J connectivity index is 2.12. The van der Waals surface area contributed by atoms with Crippen molar-refractivity contribution in [2.75, 3.05) is 24.8 Å². The van der Waals surface area contributed by atoms with Gasteiger partial charge in [-0.1, -0.05) is 19.8 Å². The molecule has 2 atom stereocenters. The summed E-state index contributed by atoms with van der Waals surface area (Å²) in [5, 5.41) is 6.31. The summed E-state index contributed by atoms with van der Waals surface area (Å²) in [6.45, 7) is 2.27. The first-order valence-corrected chi connectivity index (χ1v) is 6.47. The lowest BCUT2D eigenvalue weighted by Crippen LogP contribution is -2.31. The number of anilines is 2. The maximum atomic E-state index is 5.07. The molecule has 2 unspecified atom stereocenters. The molecule has 0 bridgehead atoms. The van der Waals surface area contributed by atoms with E-state index in [2.05, 4.69) is 32.5 Å². The minimum Gasteiger partial charge on any atom is -0.467 e. The molecule has 1 aromatic rings. The van der Waals surface area contributed by atoms with Crippen LogP contribution in [0.5, 0.6) is 6.01 Å². The Labute approximate surface area is 108 Å². The van der Waals surface area contributed by atoms with Crippen molar-refractivity contribution in [3.8, 4) is 6.01 Å². The lowest BCUT2D eigenvalue weighted by atomic mass is 9.86. The second kappa shape index (κ2) is 5.84. The smallest absolute Gasteiger partial charge is 0.322 e. The second-order valence-corrected chi connectivity index (χ2v) is 4.73. The van der Waals surface area contributed by atoms with E-state index in [4.69, 9.17) is 4.74 Å². The Morgan fingerprint density at radius 1 is 1.11 bits per heavy atom. The fraction of sp³-hybridized carbons (Fsp3) is 0.750. The number of hydrogen-bond donors (Lipinski definition) is 2. The van der Waals surface area contributed by atoms with Gasteiger partial charge in [0.25, 0.3) is 0 Å². The molecular weight excluding hydrogens is 230 g/mol. The fourth-order valence-corrected chi connectivity index (χ4v) is 2.32. The van der Waals surface area contributed by atoms with Crippen LogP contribution in [0.3, 0.4) is 0 Å². The molecule has 2 rings (SSSR count). The number of methoxy groups -OCH3 is 1. The molecule has 0 radical (unpaired) electrons. The zero-order valence-corrected chi connectivity index (χ0v) is 11.2. The summed E-state index contributed by atoms with van der Waals surface area (Å²) in [4.78, 5) is 12.6. The van der Waals surface area contributed by atoms with Crippen LogP contribution in [0.2, 0.25) is 0 Å². The van der Waals surface area contributed by atoms with Crippen LogP contribution in [0.25, 0.3) is 0 Å². The van der Waals surface area contributed by atoms with Crippen LogP contribution in [0.15, 0.2) is 0 Å². The second-order valence-electron chi connectivity index (χ2n) is 4.73. The first kappa shape index (κ1) is 12.9. The third-order valence-electron chi connectivity index (χ3n) is 3.45. The standard InChI is InChI=1S/C12H21N5O/c1-8-6-4-5-7-9(8)14-11-15-10(13-2)16-12(17-11)18-3/h8-9H,4-7H2,1-3H3,(H2,13,14,15,16,17).